The van der Waals surface area contributed by atoms with E-state index in [4.69, 9.17) is 4.74 Å². The SMILES string of the molecule is Cc1cc(CCCC[C@@]2(C3=CC=CCN3)CCOC3(CCCC3)C2)cnc1F. The molecule has 3 nitrogen and oxygen atoms in total. The van der Waals surface area contributed by atoms with E-state index in [-0.39, 0.29) is 17.0 Å². The van der Waals surface area contributed by atoms with Gasteiger partial charge in [0.25, 0.3) is 0 Å². The number of hydrogen-bond donors (Lipinski definition) is 1. The standard InChI is InChI=1S/C24H33FN2O/c1-19-16-20(17-27-22(19)25)8-2-4-10-23(21-9-3-7-14-26-21)13-15-28-24(18-23)11-5-6-12-24/h3,7,9,16-17,26H,2,4-6,8,10-15,18H2,1H3/t23-/m1/s1. The molecule has 4 heteroatoms. The fourth-order valence-corrected chi connectivity index (χ4v) is 5.51. The van der Waals surface area contributed by atoms with E-state index in [1.807, 2.05) is 6.07 Å². The number of aromatic nitrogens is 1. The summed E-state index contributed by atoms with van der Waals surface area (Å²) < 4.78 is 19.7. The van der Waals surface area contributed by atoms with Gasteiger partial charge in [0.2, 0.25) is 5.95 Å². The monoisotopic (exact) mass is 384 g/mol. The number of aryl methyl sites for hydroxylation is 2. The van der Waals surface area contributed by atoms with Gasteiger partial charge in [-0.15, -0.1) is 0 Å². The van der Waals surface area contributed by atoms with E-state index in [9.17, 15) is 4.39 Å². The van der Waals surface area contributed by atoms with Crippen molar-refractivity contribution in [1.29, 1.82) is 0 Å². The predicted molar refractivity (Wildman–Crippen MR) is 111 cm³/mol. The molecule has 0 amide bonds. The van der Waals surface area contributed by atoms with E-state index in [2.05, 4.69) is 28.5 Å². The van der Waals surface area contributed by atoms with Crippen molar-refractivity contribution in [3.63, 3.8) is 0 Å². The molecule has 2 aliphatic heterocycles. The number of rotatable bonds is 6. The summed E-state index contributed by atoms with van der Waals surface area (Å²) in [5.41, 5.74) is 3.53. The summed E-state index contributed by atoms with van der Waals surface area (Å²) in [4.78, 5) is 3.87. The Labute approximate surface area is 168 Å². The van der Waals surface area contributed by atoms with Crippen LogP contribution in [0.3, 0.4) is 0 Å². The van der Waals surface area contributed by atoms with Gasteiger partial charge in [-0.3, -0.25) is 0 Å². The van der Waals surface area contributed by atoms with Crippen LogP contribution in [0.15, 0.2) is 36.2 Å². The van der Waals surface area contributed by atoms with Crippen molar-refractivity contribution in [3.05, 3.63) is 53.3 Å². The Kier molecular flexibility index (Phi) is 5.86. The second-order valence-electron chi connectivity index (χ2n) is 8.99. The van der Waals surface area contributed by atoms with Gasteiger partial charge in [-0.05, 0) is 63.5 Å². The number of unbranched alkanes of at least 4 members (excludes halogenated alkanes) is 1. The van der Waals surface area contributed by atoms with Crippen molar-refractivity contribution < 1.29 is 9.13 Å². The van der Waals surface area contributed by atoms with Gasteiger partial charge in [0.15, 0.2) is 0 Å². The van der Waals surface area contributed by atoms with Crippen LogP contribution in [0.25, 0.3) is 0 Å². The molecular formula is C24H33FN2O. The average molecular weight is 385 g/mol. The Balaban J connectivity index is 1.43. The Morgan fingerprint density at radius 2 is 2.07 bits per heavy atom. The van der Waals surface area contributed by atoms with Crippen molar-refractivity contribution >= 4 is 0 Å². The molecule has 3 aliphatic rings. The molecular weight excluding hydrogens is 351 g/mol. The maximum atomic E-state index is 13.4. The summed E-state index contributed by atoms with van der Waals surface area (Å²) in [6.45, 7) is 3.60. The molecule has 1 saturated carbocycles. The molecule has 28 heavy (non-hydrogen) atoms. The van der Waals surface area contributed by atoms with Crippen LogP contribution < -0.4 is 5.32 Å². The maximum Gasteiger partial charge on any atom is 0.215 e. The Bertz CT molecular complexity index is 751. The molecule has 0 bridgehead atoms. The lowest BCUT2D eigenvalue weighted by atomic mass is 9.66. The Morgan fingerprint density at radius 1 is 1.21 bits per heavy atom. The highest BCUT2D eigenvalue weighted by Crippen LogP contribution is 2.52. The van der Waals surface area contributed by atoms with Gasteiger partial charge in [-0.2, -0.15) is 4.39 Å². The minimum Gasteiger partial charge on any atom is -0.384 e. The van der Waals surface area contributed by atoms with Gasteiger partial charge in [0.05, 0.1) is 5.60 Å². The summed E-state index contributed by atoms with van der Waals surface area (Å²) in [5.74, 6) is -0.352. The molecule has 1 aliphatic carbocycles. The average Bonchev–Trinajstić information content (AvgIpc) is 3.16. The lowest BCUT2D eigenvalue weighted by Gasteiger charge is -2.48. The van der Waals surface area contributed by atoms with E-state index in [0.29, 0.717) is 5.56 Å². The summed E-state index contributed by atoms with van der Waals surface area (Å²) in [6, 6.07) is 1.94. The van der Waals surface area contributed by atoms with E-state index in [0.717, 1.165) is 44.4 Å². The zero-order valence-electron chi connectivity index (χ0n) is 17.1. The minimum absolute atomic E-state index is 0.111. The summed E-state index contributed by atoms with van der Waals surface area (Å²) in [5, 5.41) is 3.68. The van der Waals surface area contributed by atoms with Crippen LogP contribution in [0.4, 0.5) is 4.39 Å². The highest BCUT2D eigenvalue weighted by Gasteiger charge is 2.48. The molecule has 1 aromatic heterocycles. The summed E-state index contributed by atoms with van der Waals surface area (Å²) in [7, 11) is 0. The van der Waals surface area contributed by atoms with Crippen LogP contribution in [0.5, 0.6) is 0 Å². The molecule has 1 aromatic rings. The fourth-order valence-electron chi connectivity index (χ4n) is 5.51. The number of allylic oxidation sites excluding steroid dienone is 3. The summed E-state index contributed by atoms with van der Waals surface area (Å²) in [6.07, 6.45) is 20.2. The molecule has 1 saturated heterocycles. The number of hydrogen-bond acceptors (Lipinski definition) is 3. The van der Waals surface area contributed by atoms with E-state index in [1.165, 1.54) is 44.2 Å². The van der Waals surface area contributed by atoms with Crippen molar-refractivity contribution in [2.24, 2.45) is 5.41 Å². The first-order valence-electron chi connectivity index (χ1n) is 11.0. The van der Waals surface area contributed by atoms with Crippen molar-refractivity contribution in [2.75, 3.05) is 13.2 Å². The largest absolute Gasteiger partial charge is 0.384 e. The normalized spacial score (nSPS) is 26.3. The van der Waals surface area contributed by atoms with Crippen LogP contribution >= 0.6 is 0 Å². The molecule has 1 atom stereocenters. The van der Waals surface area contributed by atoms with Gasteiger partial charge >= 0.3 is 0 Å². The zero-order chi connectivity index (χ0) is 19.5. The molecule has 3 heterocycles. The minimum atomic E-state index is -0.352. The smallest absolute Gasteiger partial charge is 0.215 e. The molecule has 0 unspecified atom stereocenters. The second kappa shape index (κ2) is 8.36. The van der Waals surface area contributed by atoms with Crippen molar-refractivity contribution in [1.82, 2.24) is 10.3 Å². The van der Waals surface area contributed by atoms with Crippen molar-refractivity contribution in [3.8, 4) is 0 Å². The number of nitrogens with zero attached hydrogens (tertiary/aromatic N) is 1. The van der Waals surface area contributed by atoms with Crippen LogP contribution in [0.1, 0.15) is 68.9 Å². The van der Waals surface area contributed by atoms with E-state index < -0.39 is 0 Å². The van der Waals surface area contributed by atoms with E-state index in [1.54, 1.807) is 13.1 Å². The van der Waals surface area contributed by atoms with Crippen LogP contribution in [-0.2, 0) is 11.2 Å². The molecule has 1 spiro atoms. The third-order valence-electron chi connectivity index (χ3n) is 6.99. The molecule has 1 N–H and O–H groups in total. The Hall–Kier alpha value is -1.68. The number of nitrogens with one attached hydrogen (secondary N) is 1. The van der Waals surface area contributed by atoms with E-state index >= 15 is 0 Å². The third-order valence-corrected chi connectivity index (χ3v) is 6.99. The van der Waals surface area contributed by atoms with Crippen LogP contribution in [0.2, 0.25) is 0 Å². The number of ether oxygens (including phenoxy) is 1. The van der Waals surface area contributed by atoms with Crippen LogP contribution in [-0.4, -0.2) is 23.7 Å². The van der Waals surface area contributed by atoms with Crippen LogP contribution in [0, 0.1) is 18.3 Å². The number of dihydropyridines is 1. The number of halogens is 1. The lowest BCUT2D eigenvalue weighted by molar-refractivity contribution is -0.116. The Morgan fingerprint density at radius 3 is 2.82 bits per heavy atom. The summed E-state index contributed by atoms with van der Waals surface area (Å²) >= 11 is 0. The van der Waals surface area contributed by atoms with Crippen molar-refractivity contribution in [2.45, 2.75) is 76.7 Å². The van der Waals surface area contributed by atoms with Gasteiger partial charge < -0.3 is 10.1 Å². The quantitative estimate of drug-likeness (QED) is 0.527. The highest BCUT2D eigenvalue weighted by molar-refractivity contribution is 5.25. The molecule has 2 fully saturated rings. The lowest BCUT2D eigenvalue weighted by Crippen LogP contribution is -2.47. The first-order chi connectivity index (χ1) is 13.6. The molecule has 4 rings (SSSR count). The molecule has 152 valence electrons. The van der Waals surface area contributed by atoms with Gasteiger partial charge in [-0.25, -0.2) is 4.98 Å². The second-order valence-corrected chi connectivity index (χ2v) is 8.99. The van der Waals surface area contributed by atoms with Gasteiger partial charge in [0.1, 0.15) is 0 Å². The van der Waals surface area contributed by atoms with Gasteiger partial charge in [-0.1, -0.05) is 37.5 Å². The molecule has 0 radical (unpaired) electrons. The zero-order valence-corrected chi connectivity index (χ0v) is 17.1. The van der Waals surface area contributed by atoms with Gasteiger partial charge in [0, 0.05) is 36.0 Å². The third kappa shape index (κ3) is 4.17. The maximum absolute atomic E-state index is 13.4. The highest BCUT2D eigenvalue weighted by atomic mass is 19.1. The predicted octanol–water partition coefficient (Wildman–Crippen LogP) is 5.39. The first kappa shape index (κ1) is 19.6. The topological polar surface area (TPSA) is 34.1 Å². The fraction of sp³-hybridized carbons (Fsp3) is 0.625. The number of pyridine rings is 1. The molecule has 0 aromatic carbocycles. The first-order valence-corrected chi connectivity index (χ1v) is 11.0.